The molecule has 0 aromatic heterocycles. The lowest BCUT2D eigenvalue weighted by atomic mass is 9.80. The number of aliphatic hydroxyl groups excluding tert-OH is 1. The lowest BCUT2D eigenvalue weighted by Crippen LogP contribution is -2.32. The van der Waals surface area contributed by atoms with Crippen LogP contribution in [0.15, 0.2) is 18.2 Å². The molecule has 0 amide bonds. The molecule has 1 heterocycles. The SMILES string of the molecule is C[C@H](O)c1ccc2c(c1)[C@](C)(CCN(C)C)CN2C. The molecule has 1 N–H and O–H groups in total. The monoisotopic (exact) mass is 262 g/mol. The van der Waals surface area contributed by atoms with Crippen molar-refractivity contribution in [2.45, 2.75) is 31.8 Å². The number of likely N-dealkylation sites (N-methyl/N-ethyl adjacent to an activating group) is 1. The van der Waals surface area contributed by atoms with Crippen molar-refractivity contribution in [3.63, 3.8) is 0 Å². The van der Waals surface area contributed by atoms with Gasteiger partial charge in [0, 0.05) is 24.7 Å². The molecule has 0 spiro atoms. The summed E-state index contributed by atoms with van der Waals surface area (Å²) in [5.74, 6) is 0. The number of anilines is 1. The van der Waals surface area contributed by atoms with E-state index in [1.54, 1.807) is 0 Å². The Bertz CT molecular complexity index is 456. The molecule has 0 aliphatic carbocycles. The first-order valence-corrected chi connectivity index (χ1v) is 7.02. The number of hydrogen-bond acceptors (Lipinski definition) is 3. The third-order valence-electron chi connectivity index (χ3n) is 4.26. The molecule has 1 aromatic rings. The van der Waals surface area contributed by atoms with E-state index in [2.05, 4.69) is 50.0 Å². The largest absolute Gasteiger partial charge is 0.389 e. The summed E-state index contributed by atoms with van der Waals surface area (Å²) in [6.45, 7) is 6.31. The fraction of sp³-hybridized carbons (Fsp3) is 0.625. The third-order valence-corrected chi connectivity index (χ3v) is 4.26. The van der Waals surface area contributed by atoms with Crippen molar-refractivity contribution >= 4 is 5.69 Å². The minimum Gasteiger partial charge on any atom is -0.389 e. The van der Waals surface area contributed by atoms with Gasteiger partial charge in [-0.2, -0.15) is 0 Å². The topological polar surface area (TPSA) is 26.7 Å². The fourth-order valence-corrected chi connectivity index (χ4v) is 3.01. The minimum atomic E-state index is -0.394. The van der Waals surface area contributed by atoms with Gasteiger partial charge in [-0.1, -0.05) is 19.1 Å². The van der Waals surface area contributed by atoms with E-state index < -0.39 is 6.10 Å². The van der Waals surface area contributed by atoms with E-state index in [0.717, 1.165) is 25.1 Å². The molecule has 1 aliphatic heterocycles. The van der Waals surface area contributed by atoms with Crippen LogP contribution in [-0.4, -0.2) is 44.2 Å². The van der Waals surface area contributed by atoms with Crippen molar-refractivity contribution in [1.29, 1.82) is 0 Å². The van der Waals surface area contributed by atoms with E-state index >= 15 is 0 Å². The van der Waals surface area contributed by atoms with E-state index in [9.17, 15) is 5.11 Å². The molecule has 2 atom stereocenters. The predicted octanol–water partition coefficient (Wildman–Crippen LogP) is 2.40. The molecule has 1 aromatic carbocycles. The Labute approximate surface area is 116 Å². The second-order valence-corrected chi connectivity index (χ2v) is 6.42. The van der Waals surface area contributed by atoms with E-state index in [-0.39, 0.29) is 5.41 Å². The van der Waals surface area contributed by atoms with E-state index in [1.807, 2.05) is 13.0 Å². The zero-order valence-corrected chi connectivity index (χ0v) is 12.8. The molecule has 106 valence electrons. The van der Waals surface area contributed by atoms with E-state index in [1.165, 1.54) is 11.3 Å². The Kier molecular flexibility index (Phi) is 3.88. The second-order valence-electron chi connectivity index (χ2n) is 6.42. The predicted molar refractivity (Wildman–Crippen MR) is 80.9 cm³/mol. The first-order chi connectivity index (χ1) is 8.83. The number of nitrogens with zero attached hydrogens (tertiary/aromatic N) is 2. The number of rotatable bonds is 4. The Morgan fingerprint density at radius 1 is 1.42 bits per heavy atom. The summed E-state index contributed by atoms with van der Waals surface area (Å²) < 4.78 is 0. The molecule has 19 heavy (non-hydrogen) atoms. The van der Waals surface area contributed by atoms with Crippen LogP contribution in [0.2, 0.25) is 0 Å². The number of fused-ring (bicyclic) bond motifs is 1. The van der Waals surface area contributed by atoms with Gasteiger partial charge < -0.3 is 14.9 Å². The summed E-state index contributed by atoms with van der Waals surface area (Å²) in [6, 6.07) is 6.38. The molecule has 0 saturated carbocycles. The van der Waals surface area contributed by atoms with Gasteiger partial charge in [0.15, 0.2) is 0 Å². The minimum absolute atomic E-state index is 0.180. The van der Waals surface area contributed by atoms with Gasteiger partial charge in [0.1, 0.15) is 0 Å². The maximum atomic E-state index is 9.79. The highest BCUT2D eigenvalue weighted by Gasteiger charge is 2.37. The van der Waals surface area contributed by atoms with Crippen molar-refractivity contribution in [2.24, 2.45) is 0 Å². The molecular formula is C16H26N2O. The van der Waals surface area contributed by atoms with Gasteiger partial charge in [0.05, 0.1) is 6.10 Å². The molecular weight excluding hydrogens is 236 g/mol. The lowest BCUT2D eigenvalue weighted by Gasteiger charge is -2.27. The highest BCUT2D eigenvalue weighted by molar-refractivity contribution is 5.63. The van der Waals surface area contributed by atoms with Gasteiger partial charge in [-0.15, -0.1) is 0 Å². The summed E-state index contributed by atoms with van der Waals surface area (Å²) in [4.78, 5) is 4.57. The standard InChI is InChI=1S/C16H26N2O/c1-12(19)13-6-7-15-14(10-13)16(2,11-18(15)5)8-9-17(3)4/h6-7,10,12,19H,8-9,11H2,1-5H3/t12-,16+/m0/s1. The lowest BCUT2D eigenvalue weighted by molar-refractivity contribution is 0.199. The molecule has 0 saturated heterocycles. The summed E-state index contributed by atoms with van der Waals surface area (Å²) >= 11 is 0. The Hall–Kier alpha value is -1.06. The van der Waals surface area contributed by atoms with Gasteiger partial charge in [-0.3, -0.25) is 0 Å². The molecule has 0 fully saturated rings. The van der Waals surface area contributed by atoms with Crippen LogP contribution >= 0.6 is 0 Å². The molecule has 3 heteroatoms. The average Bonchev–Trinajstić information content (AvgIpc) is 2.59. The molecule has 1 aliphatic rings. The average molecular weight is 262 g/mol. The maximum absolute atomic E-state index is 9.79. The van der Waals surface area contributed by atoms with Crippen LogP contribution in [0.1, 0.15) is 37.5 Å². The summed E-state index contributed by atoms with van der Waals surface area (Å²) in [5, 5.41) is 9.79. The summed E-state index contributed by atoms with van der Waals surface area (Å²) in [6.07, 6.45) is 0.745. The van der Waals surface area contributed by atoms with Crippen LogP contribution in [0, 0.1) is 0 Å². The maximum Gasteiger partial charge on any atom is 0.0762 e. The second kappa shape index (κ2) is 5.14. The fourth-order valence-electron chi connectivity index (χ4n) is 3.01. The van der Waals surface area contributed by atoms with Crippen LogP contribution in [0.5, 0.6) is 0 Å². The van der Waals surface area contributed by atoms with Gasteiger partial charge in [0.2, 0.25) is 0 Å². The number of hydrogen-bond donors (Lipinski definition) is 1. The van der Waals surface area contributed by atoms with Crippen molar-refractivity contribution in [3.05, 3.63) is 29.3 Å². The first-order valence-electron chi connectivity index (χ1n) is 7.02. The molecule has 3 nitrogen and oxygen atoms in total. The van der Waals surface area contributed by atoms with E-state index in [4.69, 9.17) is 0 Å². The molecule has 0 unspecified atom stereocenters. The Balaban J connectivity index is 2.34. The highest BCUT2D eigenvalue weighted by atomic mass is 16.3. The zero-order valence-electron chi connectivity index (χ0n) is 12.8. The van der Waals surface area contributed by atoms with Crippen molar-refractivity contribution in [3.8, 4) is 0 Å². The summed E-state index contributed by atoms with van der Waals surface area (Å²) in [5.41, 5.74) is 3.89. The van der Waals surface area contributed by atoms with Crippen LogP contribution < -0.4 is 4.90 Å². The van der Waals surface area contributed by atoms with Crippen LogP contribution in [0.3, 0.4) is 0 Å². The van der Waals surface area contributed by atoms with Gasteiger partial charge >= 0.3 is 0 Å². The van der Waals surface area contributed by atoms with Gasteiger partial charge in [-0.25, -0.2) is 0 Å². The van der Waals surface area contributed by atoms with Gasteiger partial charge in [-0.05, 0) is 51.2 Å². The quantitative estimate of drug-likeness (QED) is 0.902. The normalized spacial score (nSPS) is 23.8. The van der Waals surface area contributed by atoms with Gasteiger partial charge in [0.25, 0.3) is 0 Å². The number of aliphatic hydroxyl groups is 1. The van der Waals surface area contributed by atoms with Crippen molar-refractivity contribution < 1.29 is 5.11 Å². The van der Waals surface area contributed by atoms with Crippen LogP contribution in [0.4, 0.5) is 5.69 Å². The zero-order chi connectivity index (χ0) is 14.2. The van der Waals surface area contributed by atoms with Crippen LogP contribution in [0.25, 0.3) is 0 Å². The van der Waals surface area contributed by atoms with Crippen LogP contribution in [-0.2, 0) is 5.41 Å². The molecule has 0 bridgehead atoms. The van der Waals surface area contributed by atoms with Crippen molar-refractivity contribution in [1.82, 2.24) is 4.90 Å². The third kappa shape index (κ3) is 2.77. The number of benzene rings is 1. The molecule has 2 rings (SSSR count). The first kappa shape index (κ1) is 14.4. The smallest absolute Gasteiger partial charge is 0.0762 e. The highest BCUT2D eigenvalue weighted by Crippen LogP contribution is 2.43. The molecule has 0 radical (unpaired) electrons. The summed E-state index contributed by atoms with van der Waals surface area (Å²) in [7, 11) is 6.39. The Morgan fingerprint density at radius 2 is 2.11 bits per heavy atom. The van der Waals surface area contributed by atoms with E-state index in [0.29, 0.717) is 0 Å². The van der Waals surface area contributed by atoms with Crippen molar-refractivity contribution in [2.75, 3.05) is 39.1 Å². The Morgan fingerprint density at radius 3 is 2.68 bits per heavy atom.